The van der Waals surface area contributed by atoms with Crippen LogP contribution in [0.5, 0.6) is 11.5 Å². The number of benzene rings is 1. The van der Waals surface area contributed by atoms with Gasteiger partial charge in [0.1, 0.15) is 27.6 Å². The van der Waals surface area contributed by atoms with Crippen molar-refractivity contribution in [1.29, 1.82) is 0 Å². The lowest BCUT2D eigenvalue weighted by molar-refractivity contribution is 0.307. The number of rotatable bonds is 12. The third-order valence-electron chi connectivity index (χ3n) is 8.56. The highest BCUT2D eigenvalue weighted by molar-refractivity contribution is 6.91. The fraction of sp³-hybridized carbons (Fsp3) is 0.706. The molecule has 1 rings (SSSR count). The van der Waals surface area contributed by atoms with Crippen molar-refractivity contribution in [2.75, 3.05) is 13.2 Å². The highest BCUT2D eigenvalue weighted by Gasteiger charge is 2.42. The fourth-order valence-corrected chi connectivity index (χ4v) is 17.1. The molecular formula is C34H58O2Si2. The topological polar surface area (TPSA) is 18.5 Å². The SMILES string of the molecule is CCCOc1cc(C#C[Si](C(C)C)(C(C)C)C(C)C)c(OCCC)cc1C#C[Si](C(C)C)(C(C)C)C(C)C. The lowest BCUT2D eigenvalue weighted by Gasteiger charge is -2.38. The molecule has 0 fully saturated rings. The van der Waals surface area contributed by atoms with E-state index in [1.165, 1.54) is 0 Å². The Bertz CT molecular complexity index is 872. The summed E-state index contributed by atoms with van der Waals surface area (Å²) >= 11 is 0. The van der Waals surface area contributed by atoms with Gasteiger partial charge in [-0.25, -0.2) is 0 Å². The van der Waals surface area contributed by atoms with E-state index in [1.807, 2.05) is 0 Å². The summed E-state index contributed by atoms with van der Waals surface area (Å²) in [6, 6.07) is 4.22. The summed E-state index contributed by atoms with van der Waals surface area (Å²) in [5, 5.41) is 0. The molecule has 1 aromatic rings. The Morgan fingerprint density at radius 3 is 1.00 bits per heavy atom. The fourth-order valence-electron chi connectivity index (χ4n) is 6.64. The molecule has 0 aliphatic heterocycles. The van der Waals surface area contributed by atoms with Crippen molar-refractivity contribution in [3.05, 3.63) is 23.3 Å². The van der Waals surface area contributed by atoms with Gasteiger partial charge in [0.15, 0.2) is 0 Å². The van der Waals surface area contributed by atoms with Gasteiger partial charge in [0.25, 0.3) is 0 Å². The zero-order chi connectivity index (χ0) is 29.3. The molecule has 0 saturated carbocycles. The monoisotopic (exact) mass is 554 g/mol. The van der Waals surface area contributed by atoms with Gasteiger partial charge in [-0.2, -0.15) is 0 Å². The van der Waals surface area contributed by atoms with E-state index in [9.17, 15) is 0 Å². The van der Waals surface area contributed by atoms with Crippen LogP contribution in [0.4, 0.5) is 0 Å². The first-order chi connectivity index (χ1) is 17.7. The van der Waals surface area contributed by atoms with E-state index in [2.05, 4.69) is 132 Å². The van der Waals surface area contributed by atoms with Crippen molar-refractivity contribution in [2.45, 2.75) is 143 Å². The van der Waals surface area contributed by atoms with Crippen molar-refractivity contribution in [1.82, 2.24) is 0 Å². The van der Waals surface area contributed by atoms with Crippen LogP contribution < -0.4 is 9.47 Å². The summed E-state index contributed by atoms with van der Waals surface area (Å²) in [5.41, 5.74) is 13.1. The zero-order valence-corrected chi connectivity index (χ0v) is 29.3. The molecule has 0 atom stereocenters. The summed E-state index contributed by atoms with van der Waals surface area (Å²) < 4.78 is 12.6. The highest BCUT2D eigenvalue weighted by Crippen LogP contribution is 2.42. The van der Waals surface area contributed by atoms with E-state index in [0.29, 0.717) is 46.5 Å². The molecule has 0 radical (unpaired) electrons. The van der Waals surface area contributed by atoms with Crippen LogP contribution >= 0.6 is 0 Å². The van der Waals surface area contributed by atoms with Crippen LogP contribution in [-0.4, -0.2) is 29.4 Å². The summed E-state index contributed by atoms with van der Waals surface area (Å²) in [7, 11) is -3.76. The molecule has 0 amide bonds. The molecule has 2 nitrogen and oxygen atoms in total. The normalized spacial score (nSPS) is 12.3. The van der Waals surface area contributed by atoms with Gasteiger partial charge in [0.2, 0.25) is 0 Å². The Morgan fingerprint density at radius 2 is 0.789 bits per heavy atom. The maximum Gasteiger partial charge on any atom is 0.146 e. The van der Waals surface area contributed by atoms with E-state index < -0.39 is 16.1 Å². The average Bonchev–Trinajstić information content (AvgIpc) is 2.81. The maximum absolute atomic E-state index is 6.31. The standard InChI is InChI=1S/C34H58O2Si2/c1-15-19-35-33-23-32(18-22-38(28(9)10,29(11)12)30(13)14)34(36-20-16-2)24-31(33)17-21-37(25(3)4,26(5)6)27(7)8/h23-30H,15-16,19-20H2,1-14H3. The van der Waals surface area contributed by atoms with Gasteiger partial charge < -0.3 is 9.47 Å². The van der Waals surface area contributed by atoms with Crippen LogP contribution in [0.25, 0.3) is 0 Å². The predicted octanol–water partition coefficient (Wildman–Crippen LogP) is 10.4. The quantitative estimate of drug-likeness (QED) is 0.189. The van der Waals surface area contributed by atoms with E-state index >= 15 is 0 Å². The molecule has 1 aromatic carbocycles. The molecule has 0 aliphatic rings. The van der Waals surface area contributed by atoms with Gasteiger partial charge in [0.05, 0.1) is 24.3 Å². The van der Waals surface area contributed by atoms with Gasteiger partial charge in [-0.3, -0.25) is 0 Å². The molecular weight excluding hydrogens is 497 g/mol. The molecule has 4 heteroatoms. The lowest BCUT2D eigenvalue weighted by atomic mass is 10.1. The predicted molar refractivity (Wildman–Crippen MR) is 174 cm³/mol. The smallest absolute Gasteiger partial charge is 0.146 e. The Balaban J connectivity index is 3.93. The van der Waals surface area contributed by atoms with Crippen LogP contribution in [0.3, 0.4) is 0 Å². The van der Waals surface area contributed by atoms with Crippen molar-refractivity contribution in [3.63, 3.8) is 0 Å². The van der Waals surface area contributed by atoms with Gasteiger partial charge in [0, 0.05) is 12.1 Å². The summed E-state index contributed by atoms with van der Waals surface area (Å²) in [6.07, 6.45) is 1.91. The first-order valence-electron chi connectivity index (χ1n) is 15.2. The minimum Gasteiger partial charge on any atom is -0.492 e. The molecule has 0 bridgehead atoms. The molecule has 0 saturated heterocycles. The van der Waals surface area contributed by atoms with Crippen LogP contribution in [0.2, 0.25) is 33.2 Å². The third-order valence-corrected chi connectivity index (χ3v) is 21.1. The average molecular weight is 555 g/mol. The van der Waals surface area contributed by atoms with Crippen LogP contribution in [0.15, 0.2) is 12.1 Å². The Morgan fingerprint density at radius 1 is 0.526 bits per heavy atom. The Hall–Kier alpha value is -1.63. The van der Waals surface area contributed by atoms with Crippen LogP contribution in [0, 0.1) is 22.9 Å². The largest absolute Gasteiger partial charge is 0.492 e. The minimum absolute atomic E-state index is 0.581. The molecule has 0 N–H and O–H groups in total. The van der Waals surface area contributed by atoms with E-state index in [1.54, 1.807) is 0 Å². The third kappa shape index (κ3) is 7.73. The first-order valence-corrected chi connectivity index (χ1v) is 19.7. The second-order valence-electron chi connectivity index (χ2n) is 12.8. The first kappa shape index (κ1) is 34.4. The summed E-state index contributed by atoms with van der Waals surface area (Å²) in [5.74, 6) is 8.98. The Kier molecular flexibility index (Phi) is 13.8. The molecule has 0 aromatic heterocycles. The van der Waals surface area contributed by atoms with E-state index in [-0.39, 0.29) is 0 Å². The minimum atomic E-state index is -1.88. The van der Waals surface area contributed by atoms with Crippen molar-refractivity contribution in [2.24, 2.45) is 0 Å². The van der Waals surface area contributed by atoms with Gasteiger partial charge in [-0.05, 0) is 46.1 Å². The molecule has 0 spiro atoms. The van der Waals surface area contributed by atoms with E-state index in [4.69, 9.17) is 9.47 Å². The molecule has 214 valence electrons. The molecule has 0 aliphatic carbocycles. The zero-order valence-electron chi connectivity index (χ0n) is 27.3. The lowest BCUT2D eigenvalue weighted by Crippen LogP contribution is -2.43. The van der Waals surface area contributed by atoms with Gasteiger partial charge in [-0.1, -0.05) is 109 Å². The number of ether oxygens (including phenoxy) is 2. The second kappa shape index (κ2) is 15.2. The maximum atomic E-state index is 6.31. The number of hydrogen-bond donors (Lipinski definition) is 0. The summed E-state index contributed by atoms with van der Waals surface area (Å²) in [4.78, 5) is 0. The summed E-state index contributed by atoms with van der Waals surface area (Å²) in [6.45, 7) is 33.9. The van der Waals surface area contributed by atoms with Crippen molar-refractivity contribution in [3.8, 4) is 34.4 Å². The van der Waals surface area contributed by atoms with Crippen molar-refractivity contribution >= 4 is 16.1 Å². The van der Waals surface area contributed by atoms with Gasteiger partial charge >= 0.3 is 0 Å². The molecule has 0 heterocycles. The Labute approximate surface area is 239 Å². The number of hydrogen-bond acceptors (Lipinski definition) is 2. The van der Waals surface area contributed by atoms with Crippen LogP contribution in [-0.2, 0) is 0 Å². The van der Waals surface area contributed by atoms with Crippen LogP contribution in [0.1, 0.15) is 121 Å². The van der Waals surface area contributed by atoms with Crippen molar-refractivity contribution < 1.29 is 9.47 Å². The highest BCUT2D eigenvalue weighted by atomic mass is 28.3. The second-order valence-corrected chi connectivity index (χ2v) is 24.0. The van der Waals surface area contributed by atoms with E-state index in [0.717, 1.165) is 35.5 Å². The van der Waals surface area contributed by atoms with Gasteiger partial charge in [-0.15, -0.1) is 11.1 Å². The molecule has 38 heavy (non-hydrogen) atoms. The molecule has 0 unspecified atom stereocenters.